The minimum Gasteiger partial charge on any atom is -0.468 e. The zero-order chi connectivity index (χ0) is 14.5. The normalized spacial score (nSPS) is 15.0. The molecule has 4 heteroatoms. The monoisotopic (exact) mass is 304 g/mol. The number of thiophene rings is 1. The first-order valence-corrected chi connectivity index (χ1v) is 8.76. The molecule has 2 aromatic rings. The smallest absolute Gasteiger partial charge is 0.118 e. The molecule has 1 saturated carbocycles. The summed E-state index contributed by atoms with van der Waals surface area (Å²) < 4.78 is 5.74. The summed E-state index contributed by atoms with van der Waals surface area (Å²) in [5, 5.41) is 5.58. The second kappa shape index (κ2) is 7.25. The summed E-state index contributed by atoms with van der Waals surface area (Å²) in [7, 11) is 0. The maximum atomic E-state index is 5.74. The molecule has 3 nitrogen and oxygen atoms in total. The maximum Gasteiger partial charge on any atom is 0.118 e. The van der Waals surface area contributed by atoms with Crippen molar-refractivity contribution in [1.82, 2.24) is 10.2 Å². The molecule has 2 heterocycles. The molecule has 0 bridgehead atoms. The second-order valence-electron chi connectivity index (χ2n) is 5.81. The van der Waals surface area contributed by atoms with Gasteiger partial charge >= 0.3 is 0 Å². The average Bonchev–Trinajstić information content (AvgIpc) is 3.03. The highest BCUT2D eigenvalue weighted by molar-refractivity contribution is 7.09. The summed E-state index contributed by atoms with van der Waals surface area (Å²) in [6.45, 7) is 6.13. The molecule has 0 aliphatic heterocycles. The molecule has 1 aliphatic carbocycles. The topological polar surface area (TPSA) is 28.4 Å². The number of nitrogens with one attached hydrogen (secondary N) is 1. The fourth-order valence-electron chi connectivity index (χ4n) is 2.57. The number of furan rings is 1. The lowest BCUT2D eigenvalue weighted by Gasteiger charge is -2.19. The third kappa shape index (κ3) is 4.43. The van der Waals surface area contributed by atoms with Gasteiger partial charge in [-0.2, -0.15) is 0 Å². The lowest BCUT2D eigenvalue weighted by molar-refractivity contribution is 0.227. The van der Waals surface area contributed by atoms with Gasteiger partial charge in [-0.3, -0.25) is 4.90 Å². The third-order valence-corrected chi connectivity index (χ3v) is 4.69. The van der Waals surface area contributed by atoms with Gasteiger partial charge in [0.1, 0.15) is 5.76 Å². The fourth-order valence-corrected chi connectivity index (χ4v) is 3.30. The highest BCUT2D eigenvalue weighted by Gasteiger charge is 2.29. The summed E-state index contributed by atoms with van der Waals surface area (Å²) in [4.78, 5) is 3.99. The molecule has 3 rings (SSSR count). The lowest BCUT2D eigenvalue weighted by Crippen LogP contribution is -2.24. The van der Waals surface area contributed by atoms with Gasteiger partial charge in [0.2, 0.25) is 0 Å². The summed E-state index contributed by atoms with van der Waals surface area (Å²) in [6, 6.07) is 7.31. The van der Waals surface area contributed by atoms with Crippen molar-refractivity contribution in [3.63, 3.8) is 0 Å². The summed E-state index contributed by atoms with van der Waals surface area (Å²) in [5.74, 6) is 1.09. The number of hydrogen-bond donors (Lipinski definition) is 1. The van der Waals surface area contributed by atoms with E-state index in [1.54, 1.807) is 0 Å². The van der Waals surface area contributed by atoms with E-state index in [4.69, 9.17) is 4.42 Å². The molecule has 1 fully saturated rings. The van der Waals surface area contributed by atoms with E-state index < -0.39 is 0 Å². The van der Waals surface area contributed by atoms with Crippen LogP contribution in [0.1, 0.15) is 42.4 Å². The largest absolute Gasteiger partial charge is 0.468 e. The average molecular weight is 304 g/mol. The predicted octanol–water partition coefficient (Wildman–Crippen LogP) is 4.01. The Hall–Kier alpha value is -1.10. The molecular weight excluding hydrogens is 280 g/mol. The van der Waals surface area contributed by atoms with Crippen LogP contribution in [0.15, 0.2) is 34.3 Å². The number of rotatable bonds is 9. The molecule has 114 valence electrons. The Labute approximate surface area is 131 Å². The van der Waals surface area contributed by atoms with Crippen molar-refractivity contribution in [3.05, 3.63) is 46.0 Å². The van der Waals surface area contributed by atoms with Crippen molar-refractivity contribution in [2.75, 3.05) is 6.54 Å². The molecule has 0 spiro atoms. The van der Waals surface area contributed by atoms with E-state index in [2.05, 4.69) is 40.7 Å². The lowest BCUT2D eigenvalue weighted by atomic mass is 10.3. The van der Waals surface area contributed by atoms with Crippen LogP contribution in [0.25, 0.3) is 0 Å². The van der Waals surface area contributed by atoms with Crippen molar-refractivity contribution < 1.29 is 4.42 Å². The first-order valence-electron chi connectivity index (χ1n) is 7.88. The number of nitrogens with zero attached hydrogens (tertiary/aromatic N) is 1. The Morgan fingerprint density at radius 1 is 1.38 bits per heavy atom. The van der Waals surface area contributed by atoms with Gasteiger partial charge in [0.25, 0.3) is 0 Å². The molecular formula is C17H24N2OS. The standard InChI is InChI=1S/C17H24N2OS/c1-2-7-18-10-14-9-16(20-13-14)11-19(15-5-6-15)12-17-4-3-8-21-17/h3-4,8-9,13,15,18H,2,5-7,10-12H2,1H3. The molecule has 0 radical (unpaired) electrons. The molecule has 0 saturated heterocycles. The van der Waals surface area contributed by atoms with Crippen molar-refractivity contribution in [2.24, 2.45) is 0 Å². The van der Waals surface area contributed by atoms with E-state index in [9.17, 15) is 0 Å². The third-order valence-electron chi connectivity index (χ3n) is 3.83. The summed E-state index contributed by atoms with van der Waals surface area (Å²) in [5.41, 5.74) is 1.25. The van der Waals surface area contributed by atoms with Crippen LogP contribution < -0.4 is 5.32 Å². The van der Waals surface area contributed by atoms with E-state index in [1.807, 2.05) is 17.6 Å². The first kappa shape index (κ1) is 14.8. The van der Waals surface area contributed by atoms with Gasteiger partial charge in [-0.05, 0) is 43.3 Å². The summed E-state index contributed by atoms with van der Waals surface area (Å²) in [6.07, 6.45) is 5.73. The summed E-state index contributed by atoms with van der Waals surface area (Å²) >= 11 is 1.84. The maximum absolute atomic E-state index is 5.74. The zero-order valence-corrected chi connectivity index (χ0v) is 13.5. The van der Waals surface area contributed by atoms with Gasteiger partial charge in [0.05, 0.1) is 12.8 Å². The van der Waals surface area contributed by atoms with Gasteiger partial charge in [0, 0.05) is 29.6 Å². The highest BCUT2D eigenvalue weighted by Crippen LogP contribution is 2.30. The van der Waals surface area contributed by atoms with E-state index in [1.165, 1.54) is 29.7 Å². The van der Waals surface area contributed by atoms with Crippen molar-refractivity contribution >= 4 is 11.3 Å². The van der Waals surface area contributed by atoms with Crippen molar-refractivity contribution in [2.45, 2.75) is 51.9 Å². The van der Waals surface area contributed by atoms with E-state index in [0.29, 0.717) is 0 Å². The Bertz CT molecular complexity index is 531. The van der Waals surface area contributed by atoms with E-state index in [0.717, 1.165) is 38.0 Å². The molecule has 2 aromatic heterocycles. The second-order valence-corrected chi connectivity index (χ2v) is 6.85. The molecule has 0 aromatic carbocycles. The Morgan fingerprint density at radius 3 is 3.00 bits per heavy atom. The molecule has 0 atom stereocenters. The van der Waals surface area contributed by atoms with Crippen molar-refractivity contribution in [3.8, 4) is 0 Å². The number of hydrogen-bond acceptors (Lipinski definition) is 4. The highest BCUT2D eigenvalue weighted by atomic mass is 32.1. The Kier molecular flexibility index (Phi) is 5.12. The predicted molar refractivity (Wildman–Crippen MR) is 87.3 cm³/mol. The SMILES string of the molecule is CCCNCc1coc(CN(Cc2cccs2)C2CC2)c1. The molecule has 0 amide bonds. The van der Waals surface area contributed by atoms with Crippen LogP contribution in [0, 0.1) is 0 Å². The zero-order valence-electron chi connectivity index (χ0n) is 12.7. The molecule has 0 unspecified atom stereocenters. The van der Waals surface area contributed by atoms with Crippen LogP contribution >= 0.6 is 11.3 Å². The van der Waals surface area contributed by atoms with Crippen LogP contribution in [0.2, 0.25) is 0 Å². The molecule has 1 N–H and O–H groups in total. The van der Waals surface area contributed by atoms with Crippen LogP contribution in [0.4, 0.5) is 0 Å². The van der Waals surface area contributed by atoms with E-state index >= 15 is 0 Å². The Morgan fingerprint density at radius 2 is 2.29 bits per heavy atom. The molecule has 21 heavy (non-hydrogen) atoms. The van der Waals surface area contributed by atoms with Gasteiger partial charge in [-0.1, -0.05) is 13.0 Å². The van der Waals surface area contributed by atoms with Gasteiger partial charge in [0.15, 0.2) is 0 Å². The van der Waals surface area contributed by atoms with Gasteiger partial charge < -0.3 is 9.73 Å². The Balaban J connectivity index is 1.55. The van der Waals surface area contributed by atoms with Crippen LogP contribution in [-0.2, 0) is 19.6 Å². The van der Waals surface area contributed by atoms with Gasteiger partial charge in [-0.25, -0.2) is 0 Å². The van der Waals surface area contributed by atoms with Gasteiger partial charge in [-0.15, -0.1) is 11.3 Å². The van der Waals surface area contributed by atoms with Crippen LogP contribution in [-0.4, -0.2) is 17.5 Å². The minimum atomic E-state index is 0.749. The van der Waals surface area contributed by atoms with Crippen molar-refractivity contribution in [1.29, 1.82) is 0 Å². The minimum absolute atomic E-state index is 0.749. The quantitative estimate of drug-likeness (QED) is 0.710. The molecule has 1 aliphatic rings. The fraction of sp³-hybridized carbons (Fsp3) is 0.529. The first-order chi connectivity index (χ1) is 10.3. The van der Waals surface area contributed by atoms with E-state index in [-0.39, 0.29) is 0 Å². The van der Waals surface area contributed by atoms with Crippen LogP contribution in [0.5, 0.6) is 0 Å². The van der Waals surface area contributed by atoms with Crippen LogP contribution in [0.3, 0.4) is 0 Å².